The van der Waals surface area contributed by atoms with Crippen molar-refractivity contribution < 1.29 is 10.2 Å². The van der Waals surface area contributed by atoms with E-state index in [0.29, 0.717) is 6.54 Å². The van der Waals surface area contributed by atoms with E-state index in [1.165, 1.54) is 6.34 Å². The Labute approximate surface area is 148 Å². The number of fused-ring (bicyclic) bond motifs is 1. The van der Waals surface area contributed by atoms with Crippen molar-refractivity contribution in [3.05, 3.63) is 53.6 Å². The predicted molar refractivity (Wildman–Crippen MR) is 104 cm³/mol. The summed E-state index contributed by atoms with van der Waals surface area (Å²) in [6, 6.07) is 12.3. The molecule has 0 aromatic heterocycles. The number of rotatable bonds is 6. The first kappa shape index (κ1) is 17.5. The van der Waals surface area contributed by atoms with Crippen LogP contribution in [0.25, 0.3) is 16.8 Å². The van der Waals surface area contributed by atoms with E-state index >= 15 is 0 Å². The summed E-state index contributed by atoms with van der Waals surface area (Å²) in [4.78, 5) is 8.03. The van der Waals surface area contributed by atoms with Crippen molar-refractivity contribution in [1.29, 1.82) is 0 Å². The van der Waals surface area contributed by atoms with Crippen LogP contribution in [0.1, 0.15) is 37.3 Å². The first-order valence-electron chi connectivity index (χ1n) is 8.71. The van der Waals surface area contributed by atoms with Gasteiger partial charge in [-0.15, -0.1) is 0 Å². The van der Waals surface area contributed by atoms with Crippen LogP contribution in [-0.4, -0.2) is 35.4 Å². The molecule has 2 atom stereocenters. The lowest BCUT2D eigenvalue weighted by atomic mass is 9.92. The van der Waals surface area contributed by atoms with E-state index in [2.05, 4.69) is 40.3 Å². The van der Waals surface area contributed by atoms with Crippen LogP contribution in [-0.2, 0) is 5.60 Å². The molecule has 4 nitrogen and oxygen atoms in total. The van der Waals surface area contributed by atoms with E-state index < -0.39 is 5.60 Å². The molecule has 0 fully saturated rings. The highest BCUT2D eigenvalue weighted by molar-refractivity contribution is 5.88. The topological polar surface area (TPSA) is 65.2 Å². The average Bonchev–Trinajstić information content (AvgIpc) is 2.61. The van der Waals surface area contributed by atoms with Crippen molar-refractivity contribution in [2.75, 3.05) is 6.54 Å². The van der Waals surface area contributed by atoms with Crippen LogP contribution in [0.5, 0.6) is 0 Å². The van der Waals surface area contributed by atoms with Gasteiger partial charge < -0.3 is 10.2 Å². The van der Waals surface area contributed by atoms with Crippen LogP contribution in [0.4, 0.5) is 0 Å². The Hall–Kier alpha value is -2.30. The molecule has 1 heterocycles. The average molecular weight is 336 g/mol. The molecular weight excluding hydrogens is 312 g/mol. The largest absolute Gasteiger partial charge is 0.393 e. The van der Waals surface area contributed by atoms with E-state index in [9.17, 15) is 10.2 Å². The molecule has 2 aromatic carbocycles. The molecule has 0 saturated heterocycles. The molecule has 4 heteroatoms. The van der Waals surface area contributed by atoms with Crippen molar-refractivity contribution in [2.24, 2.45) is 9.98 Å². The van der Waals surface area contributed by atoms with Crippen LogP contribution in [0.2, 0.25) is 0 Å². The third kappa shape index (κ3) is 4.41. The van der Waals surface area contributed by atoms with E-state index in [0.717, 1.165) is 41.2 Å². The number of nitrogens with zero attached hydrogens (tertiary/aromatic N) is 2. The number of hydrogen-bond donors (Lipinski definition) is 2. The fourth-order valence-electron chi connectivity index (χ4n) is 2.98. The first-order chi connectivity index (χ1) is 12.1. The quantitative estimate of drug-likeness (QED) is 0.790. The smallest absolute Gasteiger partial charge is 0.144 e. The summed E-state index contributed by atoms with van der Waals surface area (Å²) in [7, 11) is 0. The molecule has 1 aliphatic rings. The minimum Gasteiger partial charge on any atom is -0.393 e. The summed E-state index contributed by atoms with van der Waals surface area (Å²) < 4.78 is 0. The second-order valence-electron chi connectivity index (χ2n) is 6.66. The summed E-state index contributed by atoms with van der Waals surface area (Å²) in [6.07, 6.45) is 9.85. The second kappa shape index (κ2) is 7.72. The highest BCUT2D eigenvalue weighted by atomic mass is 16.3. The van der Waals surface area contributed by atoms with E-state index in [1.807, 2.05) is 25.1 Å². The van der Waals surface area contributed by atoms with Crippen LogP contribution in [0, 0.1) is 0 Å². The van der Waals surface area contributed by atoms with Gasteiger partial charge in [0.2, 0.25) is 0 Å². The number of aliphatic imine (C=N–C) groups is 2. The lowest BCUT2D eigenvalue weighted by Gasteiger charge is -2.24. The Morgan fingerprint density at radius 2 is 2.00 bits per heavy atom. The molecule has 2 aromatic rings. The number of allylic oxidation sites excluding steroid dienone is 1. The van der Waals surface area contributed by atoms with Crippen molar-refractivity contribution in [2.45, 2.75) is 37.9 Å². The van der Waals surface area contributed by atoms with Crippen LogP contribution >= 0.6 is 0 Å². The van der Waals surface area contributed by atoms with Gasteiger partial charge >= 0.3 is 0 Å². The predicted octanol–water partition coefficient (Wildman–Crippen LogP) is 3.70. The van der Waals surface area contributed by atoms with E-state index in [-0.39, 0.29) is 6.10 Å². The second-order valence-corrected chi connectivity index (χ2v) is 6.66. The summed E-state index contributed by atoms with van der Waals surface area (Å²) >= 11 is 0. The zero-order chi connectivity index (χ0) is 17.7. The number of unbranched alkanes of at least 4 members (excludes halogenated alkanes) is 1. The zero-order valence-corrected chi connectivity index (χ0v) is 14.5. The van der Waals surface area contributed by atoms with Crippen LogP contribution in [0.3, 0.4) is 0 Å². The molecule has 0 bridgehead atoms. The lowest BCUT2D eigenvalue weighted by Crippen LogP contribution is -2.33. The van der Waals surface area contributed by atoms with Gasteiger partial charge in [-0.1, -0.05) is 36.4 Å². The molecule has 3 rings (SSSR count). The van der Waals surface area contributed by atoms with Gasteiger partial charge in [0.15, 0.2) is 0 Å². The maximum atomic E-state index is 10.7. The van der Waals surface area contributed by atoms with Gasteiger partial charge in [0, 0.05) is 6.21 Å². The number of hydrogen-bond acceptors (Lipinski definition) is 4. The van der Waals surface area contributed by atoms with Gasteiger partial charge in [0.1, 0.15) is 11.9 Å². The molecule has 25 heavy (non-hydrogen) atoms. The number of aliphatic hydroxyl groups is 2. The van der Waals surface area contributed by atoms with Gasteiger partial charge in [-0.3, -0.25) is 4.99 Å². The van der Waals surface area contributed by atoms with Crippen molar-refractivity contribution in [3.8, 4) is 0 Å². The number of aliphatic hydroxyl groups excluding tert-OH is 1. The molecule has 0 spiro atoms. The lowest BCUT2D eigenvalue weighted by molar-refractivity contribution is 0.126. The molecule has 1 aliphatic heterocycles. The summed E-state index contributed by atoms with van der Waals surface area (Å²) in [5.74, 6) is 0. The standard InChI is InChI=1S/C21H24N2O2/c1-16(24)5-3-2-4-6-17-7-8-19-12-20(10-9-18(19)11-17)21(25)13-22-15-23-14-21/h4,6-13,15-16,24-25H,2-3,5,14H2,1H3/b6-4+. The van der Waals surface area contributed by atoms with E-state index in [1.54, 1.807) is 6.21 Å². The first-order valence-corrected chi connectivity index (χ1v) is 8.71. The monoisotopic (exact) mass is 336 g/mol. The maximum Gasteiger partial charge on any atom is 0.144 e. The van der Waals surface area contributed by atoms with Gasteiger partial charge in [0.25, 0.3) is 0 Å². The normalized spacial score (nSPS) is 21.2. The molecule has 0 saturated carbocycles. The third-order valence-corrected chi connectivity index (χ3v) is 4.44. The highest BCUT2D eigenvalue weighted by Crippen LogP contribution is 2.26. The van der Waals surface area contributed by atoms with Gasteiger partial charge in [-0.2, -0.15) is 0 Å². The summed E-state index contributed by atoms with van der Waals surface area (Å²) in [5.41, 5.74) is 0.840. The Kier molecular flexibility index (Phi) is 5.41. The molecular formula is C21H24N2O2. The van der Waals surface area contributed by atoms with Crippen LogP contribution < -0.4 is 0 Å². The fourth-order valence-corrected chi connectivity index (χ4v) is 2.98. The molecule has 2 unspecified atom stereocenters. The van der Waals surface area contributed by atoms with Crippen molar-refractivity contribution >= 4 is 29.4 Å². The number of benzene rings is 2. The third-order valence-electron chi connectivity index (χ3n) is 4.44. The van der Waals surface area contributed by atoms with Crippen molar-refractivity contribution in [1.82, 2.24) is 0 Å². The molecule has 0 aliphatic carbocycles. The van der Waals surface area contributed by atoms with Crippen LogP contribution in [0.15, 0.2) is 52.5 Å². The summed E-state index contributed by atoms with van der Waals surface area (Å²) in [6.45, 7) is 2.12. The molecule has 130 valence electrons. The minimum absolute atomic E-state index is 0.224. The molecule has 0 radical (unpaired) electrons. The van der Waals surface area contributed by atoms with Gasteiger partial charge in [-0.05, 0) is 60.2 Å². The Morgan fingerprint density at radius 1 is 1.20 bits per heavy atom. The summed E-state index contributed by atoms with van der Waals surface area (Å²) in [5, 5.41) is 22.2. The molecule has 2 N–H and O–H groups in total. The van der Waals surface area contributed by atoms with Gasteiger partial charge in [-0.25, -0.2) is 4.99 Å². The maximum absolute atomic E-state index is 10.7. The highest BCUT2D eigenvalue weighted by Gasteiger charge is 2.28. The van der Waals surface area contributed by atoms with Crippen molar-refractivity contribution in [3.63, 3.8) is 0 Å². The SMILES string of the molecule is CC(O)CCC/C=C/c1ccc2cc(C3(O)C=NC=NC3)ccc2c1. The Bertz CT molecular complexity index is 824. The minimum atomic E-state index is -1.12. The fraction of sp³-hybridized carbons (Fsp3) is 0.333. The van der Waals surface area contributed by atoms with E-state index in [4.69, 9.17) is 0 Å². The molecule has 0 amide bonds. The Morgan fingerprint density at radius 3 is 2.76 bits per heavy atom. The zero-order valence-electron chi connectivity index (χ0n) is 14.5. The Balaban J connectivity index is 1.74. The van der Waals surface area contributed by atoms with Gasteiger partial charge in [0.05, 0.1) is 12.6 Å².